The largest absolute Gasteiger partial charge is 0.462 e. The molecule has 0 aromatic heterocycles. The van der Waals surface area contributed by atoms with Gasteiger partial charge in [-0.05, 0) is 63.1 Å². The van der Waals surface area contributed by atoms with Crippen molar-refractivity contribution in [2.45, 2.75) is 51.5 Å². The summed E-state index contributed by atoms with van der Waals surface area (Å²) in [6.07, 6.45) is 7.20. The van der Waals surface area contributed by atoms with Crippen LogP contribution < -0.4 is 5.32 Å². The van der Waals surface area contributed by atoms with E-state index in [9.17, 15) is 4.79 Å². The number of ether oxygens (including phenoxy) is 1. The number of benzene rings is 1. The Hall–Kier alpha value is -1.84. The molecule has 1 aromatic carbocycles. The molecule has 1 fully saturated rings. The van der Waals surface area contributed by atoms with E-state index < -0.39 is 0 Å². The van der Waals surface area contributed by atoms with Gasteiger partial charge in [-0.2, -0.15) is 0 Å². The molecule has 2 aliphatic heterocycles. The quantitative estimate of drug-likeness (QED) is 0.848. The van der Waals surface area contributed by atoms with Crippen molar-refractivity contribution in [1.29, 1.82) is 0 Å². The van der Waals surface area contributed by atoms with Gasteiger partial charge >= 0.3 is 5.97 Å². The molecule has 1 aromatic rings. The number of rotatable bonds is 5. The number of nitrogens with one attached hydrogen (secondary N) is 1. The van der Waals surface area contributed by atoms with Crippen LogP contribution in [0.5, 0.6) is 0 Å². The Labute approximate surface area is 138 Å². The second kappa shape index (κ2) is 7.62. The maximum Gasteiger partial charge on any atom is 0.338 e. The van der Waals surface area contributed by atoms with Crippen LogP contribution in [-0.4, -0.2) is 31.0 Å². The normalized spacial score (nSPS) is 23.4. The third-order valence-corrected chi connectivity index (χ3v) is 4.84. The highest BCUT2D eigenvalue weighted by Gasteiger charge is 2.27. The molecule has 0 radical (unpaired) electrons. The number of carbonyl (C=O) groups excluding carboxylic acids is 1. The first-order chi connectivity index (χ1) is 11.3. The van der Waals surface area contributed by atoms with Crippen molar-refractivity contribution >= 4 is 11.8 Å². The molecule has 0 aliphatic carbocycles. The van der Waals surface area contributed by atoms with E-state index in [2.05, 4.69) is 10.3 Å². The van der Waals surface area contributed by atoms with Gasteiger partial charge in [-0.3, -0.25) is 4.99 Å². The third kappa shape index (κ3) is 4.12. The highest BCUT2D eigenvalue weighted by atomic mass is 16.5. The maximum absolute atomic E-state index is 11.6. The molecule has 23 heavy (non-hydrogen) atoms. The number of hydrogen-bond acceptors (Lipinski definition) is 4. The van der Waals surface area contributed by atoms with Crippen molar-refractivity contribution in [1.82, 2.24) is 5.32 Å². The zero-order valence-electron chi connectivity index (χ0n) is 13.9. The van der Waals surface area contributed by atoms with E-state index in [4.69, 9.17) is 4.74 Å². The summed E-state index contributed by atoms with van der Waals surface area (Å²) in [5.74, 6) is 1.70. The molecule has 2 atom stereocenters. The van der Waals surface area contributed by atoms with Gasteiger partial charge in [0.15, 0.2) is 0 Å². The number of fused-ring (bicyclic) bond motifs is 1. The lowest BCUT2D eigenvalue weighted by molar-refractivity contribution is 0.0526. The second-order valence-electron chi connectivity index (χ2n) is 6.48. The number of piperidine rings is 1. The molecule has 124 valence electrons. The summed E-state index contributed by atoms with van der Waals surface area (Å²) in [4.78, 5) is 16.3. The van der Waals surface area contributed by atoms with Crippen molar-refractivity contribution < 1.29 is 9.53 Å². The van der Waals surface area contributed by atoms with Crippen molar-refractivity contribution in [2.75, 3.05) is 13.2 Å². The number of carbonyl (C=O) groups is 1. The number of amidine groups is 1. The predicted molar refractivity (Wildman–Crippen MR) is 91.9 cm³/mol. The molecule has 0 spiro atoms. The topological polar surface area (TPSA) is 50.7 Å². The van der Waals surface area contributed by atoms with Crippen LogP contribution in [0.25, 0.3) is 0 Å². The van der Waals surface area contributed by atoms with Gasteiger partial charge in [0, 0.05) is 18.5 Å². The van der Waals surface area contributed by atoms with Gasteiger partial charge in [0.25, 0.3) is 0 Å². The van der Waals surface area contributed by atoms with Crippen LogP contribution in [0.1, 0.15) is 54.9 Å². The molecular formula is C19H26N2O2. The second-order valence-corrected chi connectivity index (χ2v) is 6.48. The Morgan fingerprint density at radius 1 is 1.26 bits per heavy atom. The van der Waals surface area contributed by atoms with Gasteiger partial charge in [-0.1, -0.05) is 12.1 Å². The number of aryl methyl sites for hydroxylation is 1. The summed E-state index contributed by atoms with van der Waals surface area (Å²) in [5.41, 5.74) is 1.90. The summed E-state index contributed by atoms with van der Waals surface area (Å²) >= 11 is 0. The van der Waals surface area contributed by atoms with Crippen LogP contribution >= 0.6 is 0 Å². The summed E-state index contributed by atoms with van der Waals surface area (Å²) in [5, 5.41) is 3.65. The monoisotopic (exact) mass is 314 g/mol. The van der Waals surface area contributed by atoms with Crippen LogP contribution in [0.4, 0.5) is 0 Å². The standard InChI is InChI=1S/C19H26N2O2/c1-2-23-19(22)16-8-5-14(6-9-16)7-11-17-12-10-15-4-3-13-20-18(15)21-17/h5-6,8-9,15,17H,2-4,7,10-13H2,1H3,(H,20,21). The van der Waals surface area contributed by atoms with Crippen LogP contribution in [0.15, 0.2) is 29.3 Å². The molecule has 2 heterocycles. The predicted octanol–water partition coefficient (Wildman–Crippen LogP) is 3.36. The summed E-state index contributed by atoms with van der Waals surface area (Å²) in [7, 11) is 0. The molecule has 3 rings (SSSR count). The SMILES string of the molecule is CCOC(=O)c1ccc(CCC2CCC3CCCN=C3N2)cc1. The van der Waals surface area contributed by atoms with Gasteiger partial charge in [-0.25, -0.2) is 4.79 Å². The van der Waals surface area contributed by atoms with Crippen molar-refractivity contribution in [3.05, 3.63) is 35.4 Å². The Balaban J connectivity index is 1.50. The van der Waals surface area contributed by atoms with Gasteiger partial charge in [-0.15, -0.1) is 0 Å². The highest BCUT2D eigenvalue weighted by molar-refractivity contribution is 5.89. The van der Waals surface area contributed by atoms with E-state index in [1.54, 1.807) is 0 Å². The molecule has 2 unspecified atom stereocenters. The van der Waals surface area contributed by atoms with Crippen LogP contribution in [0.3, 0.4) is 0 Å². The zero-order valence-corrected chi connectivity index (χ0v) is 13.9. The first-order valence-corrected chi connectivity index (χ1v) is 8.83. The number of aliphatic imine (C=N–C) groups is 1. The molecule has 0 amide bonds. The molecule has 4 heteroatoms. The summed E-state index contributed by atoms with van der Waals surface area (Å²) < 4.78 is 5.01. The first-order valence-electron chi connectivity index (χ1n) is 8.83. The average molecular weight is 314 g/mol. The maximum atomic E-state index is 11.6. The minimum Gasteiger partial charge on any atom is -0.462 e. The zero-order chi connectivity index (χ0) is 16.1. The van der Waals surface area contributed by atoms with Gasteiger partial charge < -0.3 is 10.1 Å². The van der Waals surface area contributed by atoms with E-state index in [0.717, 1.165) is 19.4 Å². The lowest BCUT2D eigenvalue weighted by Crippen LogP contribution is -2.45. The van der Waals surface area contributed by atoms with Crippen LogP contribution in [-0.2, 0) is 11.2 Å². The number of hydrogen-bond donors (Lipinski definition) is 1. The molecule has 4 nitrogen and oxygen atoms in total. The third-order valence-electron chi connectivity index (χ3n) is 4.84. The molecule has 0 bridgehead atoms. The molecule has 2 aliphatic rings. The summed E-state index contributed by atoms with van der Waals surface area (Å²) in [6.45, 7) is 3.23. The fourth-order valence-electron chi connectivity index (χ4n) is 3.51. The van der Waals surface area contributed by atoms with E-state index >= 15 is 0 Å². The van der Waals surface area contributed by atoms with Crippen LogP contribution in [0, 0.1) is 5.92 Å². The first kappa shape index (κ1) is 16.0. The van der Waals surface area contributed by atoms with Gasteiger partial charge in [0.1, 0.15) is 0 Å². The Bertz CT molecular complexity index is 565. The average Bonchev–Trinajstić information content (AvgIpc) is 2.60. The van der Waals surface area contributed by atoms with E-state index in [0.29, 0.717) is 24.1 Å². The van der Waals surface area contributed by atoms with Crippen LogP contribution in [0.2, 0.25) is 0 Å². The fourth-order valence-corrected chi connectivity index (χ4v) is 3.51. The Morgan fingerprint density at radius 2 is 2.09 bits per heavy atom. The molecule has 1 saturated heterocycles. The van der Waals surface area contributed by atoms with E-state index in [-0.39, 0.29) is 5.97 Å². The molecule has 1 N–H and O–H groups in total. The Morgan fingerprint density at radius 3 is 2.87 bits per heavy atom. The minimum absolute atomic E-state index is 0.241. The lowest BCUT2D eigenvalue weighted by atomic mass is 9.86. The number of nitrogens with zero attached hydrogens (tertiary/aromatic N) is 1. The minimum atomic E-state index is -0.241. The van der Waals surface area contributed by atoms with Gasteiger partial charge in [0.05, 0.1) is 18.0 Å². The molecule has 0 saturated carbocycles. The van der Waals surface area contributed by atoms with E-state index in [1.165, 1.54) is 37.1 Å². The smallest absolute Gasteiger partial charge is 0.338 e. The lowest BCUT2D eigenvalue weighted by Gasteiger charge is -2.34. The van der Waals surface area contributed by atoms with E-state index in [1.807, 2.05) is 31.2 Å². The van der Waals surface area contributed by atoms with Gasteiger partial charge in [0.2, 0.25) is 0 Å². The highest BCUT2D eigenvalue weighted by Crippen LogP contribution is 2.26. The van der Waals surface area contributed by atoms with Crippen molar-refractivity contribution in [2.24, 2.45) is 10.9 Å². The Kier molecular flexibility index (Phi) is 5.31. The fraction of sp³-hybridized carbons (Fsp3) is 0.579. The van der Waals surface area contributed by atoms with Crippen molar-refractivity contribution in [3.63, 3.8) is 0 Å². The van der Waals surface area contributed by atoms with Crippen molar-refractivity contribution in [3.8, 4) is 0 Å². The molecular weight excluding hydrogens is 288 g/mol. The summed E-state index contributed by atoms with van der Waals surface area (Å²) in [6, 6.07) is 8.34. The number of esters is 1.